The maximum atomic E-state index is 12.5. The molecule has 0 saturated heterocycles. The van der Waals surface area contributed by atoms with Gasteiger partial charge in [-0.15, -0.1) is 0 Å². The molecule has 4 heteroatoms. The first-order chi connectivity index (χ1) is 8.18. The zero-order chi connectivity index (χ0) is 12.7. The third-order valence-corrected chi connectivity index (χ3v) is 5.48. The predicted molar refractivity (Wildman–Crippen MR) is 71.3 cm³/mol. The van der Waals surface area contributed by atoms with Crippen LogP contribution in [0.1, 0.15) is 59.3 Å². The van der Waals surface area contributed by atoms with Crippen molar-refractivity contribution in [3.8, 4) is 0 Å². The van der Waals surface area contributed by atoms with Gasteiger partial charge in [-0.3, -0.25) is 4.57 Å². The maximum absolute atomic E-state index is 12.5. The van der Waals surface area contributed by atoms with Gasteiger partial charge in [0.15, 0.2) is 0 Å². The van der Waals surface area contributed by atoms with Crippen LogP contribution in [-0.2, 0) is 13.6 Å². The summed E-state index contributed by atoms with van der Waals surface area (Å²) in [5.41, 5.74) is 1.32. The van der Waals surface area contributed by atoms with E-state index in [-0.39, 0.29) is 0 Å². The SMILES string of the molecule is CCCCCC1=C(P(=O)(OCC)OCC)CC1. The lowest BCUT2D eigenvalue weighted by molar-refractivity contribution is 0.223. The Morgan fingerprint density at radius 2 is 1.71 bits per heavy atom. The number of hydrogen-bond acceptors (Lipinski definition) is 3. The van der Waals surface area contributed by atoms with Gasteiger partial charge in [-0.1, -0.05) is 25.3 Å². The quantitative estimate of drug-likeness (QED) is 0.438. The van der Waals surface area contributed by atoms with Crippen molar-refractivity contribution < 1.29 is 13.6 Å². The van der Waals surface area contributed by atoms with Gasteiger partial charge >= 0.3 is 7.60 Å². The first kappa shape index (κ1) is 14.9. The Balaban J connectivity index is 2.67. The third kappa shape index (κ3) is 3.94. The number of allylic oxidation sites excluding steroid dienone is 2. The molecular formula is C13H25O3P. The van der Waals surface area contributed by atoms with Gasteiger partial charge in [-0.25, -0.2) is 0 Å². The van der Waals surface area contributed by atoms with Crippen molar-refractivity contribution in [2.45, 2.75) is 59.3 Å². The van der Waals surface area contributed by atoms with Crippen molar-refractivity contribution in [3.63, 3.8) is 0 Å². The number of rotatable bonds is 9. The largest absolute Gasteiger partial charge is 0.357 e. The fourth-order valence-corrected chi connectivity index (χ4v) is 4.20. The van der Waals surface area contributed by atoms with Crippen molar-refractivity contribution in [1.82, 2.24) is 0 Å². The second-order valence-electron chi connectivity index (χ2n) is 4.34. The summed E-state index contributed by atoms with van der Waals surface area (Å²) in [6, 6.07) is 0. The highest BCUT2D eigenvalue weighted by molar-refractivity contribution is 7.58. The van der Waals surface area contributed by atoms with Crippen LogP contribution in [0.15, 0.2) is 10.9 Å². The molecule has 0 atom stereocenters. The average Bonchev–Trinajstić information content (AvgIpc) is 2.23. The summed E-state index contributed by atoms with van der Waals surface area (Å²) in [7, 11) is -2.95. The van der Waals surface area contributed by atoms with Gasteiger partial charge in [-0.2, -0.15) is 0 Å². The summed E-state index contributed by atoms with van der Waals surface area (Å²) < 4.78 is 23.3. The van der Waals surface area contributed by atoms with E-state index >= 15 is 0 Å². The molecular weight excluding hydrogens is 235 g/mol. The van der Waals surface area contributed by atoms with E-state index in [2.05, 4.69) is 6.92 Å². The van der Waals surface area contributed by atoms with Gasteiger partial charge in [0, 0.05) is 5.31 Å². The molecule has 0 unspecified atom stereocenters. The average molecular weight is 260 g/mol. The molecule has 0 aliphatic heterocycles. The van der Waals surface area contributed by atoms with E-state index in [9.17, 15) is 4.57 Å². The Labute approximate surface area is 105 Å². The van der Waals surface area contributed by atoms with Crippen molar-refractivity contribution in [2.75, 3.05) is 13.2 Å². The number of hydrogen-bond donors (Lipinski definition) is 0. The van der Waals surface area contributed by atoms with Crippen LogP contribution in [-0.4, -0.2) is 13.2 Å². The van der Waals surface area contributed by atoms with Crippen LogP contribution in [0, 0.1) is 0 Å². The van der Waals surface area contributed by atoms with Gasteiger partial charge in [0.2, 0.25) is 0 Å². The van der Waals surface area contributed by atoms with Crippen molar-refractivity contribution in [3.05, 3.63) is 10.9 Å². The van der Waals surface area contributed by atoms with E-state index in [4.69, 9.17) is 9.05 Å². The minimum absolute atomic E-state index is 0.447. The molecule has 100 valence electrons. The molecule has 0 heterocycles. The highest BCUT2D eigenvalue weighted by atomic mass is 31.2. The van der Waals surface area contributed by atoms with Gasteiger partial charge in [0.1, 0.15) is 0 Å². The minimum atomic E-state index is -2.95. The van der Waals surface area contributed by atoms with Crippen molar-refractivity contribution >= 4 is 7.60 Å². The first-order valence-electron chi connectivity index (χ1n) is 6.78. The minimum Gasteiger partial charge on any atom is -0.306 e. The molecule has 1 aliphatic rings. The highest BCUT2D eigenvalue weighted by Crippen LogP contribution is 2.63. The monoisotopic (exact) mass is 260 g/mol. The molecule has 0 amide bonds. The summed E-state index contributed by atoms with van der Waals surface area (Å²) in [5.74, 6) is 0. The molecule has 0 aromatic carbocycles. The Kier molecular flexibility index (Phi) is 6.47. The van der Waals surface area contributed by atoms with Crippen LogP contribution in [0.25, 0.3) is 0 Å². The second kappa shape index (κ2) is 7.35. The normalized spacial score (nSPS) is 16.2. The van der Waals surface area contributed by atoms with E-state index in [1.165, 1.54) is 24.8 Å². The molecule has 0 aromatic rings. The molecule has 0 spiro atoms. The first-order valence-corrected chi connectivity index (χ1v) is 8.32. The Bertz CT molecular complexity index is 300. The van der Waals surface area contributed by atoms with Crippen molar-refractivity contribution in [2.24, 2.45) is 0 Å². The lowest BCUT2D eigenvalue weighted by Gasteiger charge is -2.29. The van der Waals surface area contributed by atoms with E-state index in [1.807, 2.05) is 13.8 Å². The van der Waals surface area contributed by atoms with Gasteiger partial charge in [-0.05, 0) is 39.5 Å². The Morgan fingerprint density at radius 3 is 2.12 bits per heavy atom. The fourth-order valence-electron chi connectivity index (χ4n) is 2.13. The molecule has 0 N–H and O–H groups in total. The summed E-state index contributed by atoms with van der Waals surface area (Å²) in [5, 5.41) is 0.970. The van der Waals surface area contributed by atoms with Crippen LogP contribution in [0.2, 0.25) is 0 Å². The van der Waals surface area contributed by atoms with E-state index < -0.39 is 7.60 Å². The zero-order valence-electron chi connectivity index (χ0n) is 11.3. The number of unbranched alkanes of at least 4 members (excludes halogenated alkanes) is 2. The van der Waals surface area contributed by atoms with Gasteiger partial charge in [0.05, 0.1) is 13.2 Å². The smallest absolute Gasteiger partial charge is 0.306 e. The maximum Gasteiger partial charge on any atom is 0.357 e. The Hall–Kier alpha value is -0.110. The molecule has 0 saturated carbocycles. The van der Waals surface area contributed by atoms with Crippen LogP contribution in [0.5, 0.6) is 0 Å². The lowest BCUT2D eigenvalue weighted by Crippen LogP contribution is -2.09. The second-order valence-corrected chi connectivity index (χ2v) is 6.39. The van der Waals surface area contributed by atoms with E-state index in [0.717, 1.165) is 24.6 Å². The molecule has 1 rings (SSSR count). The lowest BCUT2D eigenvalue weighted by atomic mass is 9.93. The van der Waals surface area contributed by atoms with Crippen LogP contribution in [0.4, 0.5) is 0 Å². The topological polar surface area (TPSA) is 35.5 Å². The molecule has 3 nitrogen and oxygen atoms in total. The van der Waals surface area contributed by atoms with Crippen molar-refractivity contribution in [1.29, 1.82) is 0 Å². The van der Waals surface area contributed by atoms with Gasteiger partial charge in [0.25, 0.3) is 0 Å². The van der Waals surface area contributed by atoms with Crippen LogP contribution >= 0.6 is 7.60 Å². The van der Waals surface area contributed by atoms with E-state index in [0.29, 0.717) is 13.2 Å². The molecule has 0 radical (unpaired) electrons. The molecule has 1 aliphatic carbocycles. The standard InChI is InChI=1S/C13H25O3P/c1-4-7-8-9-12-10-11-13(12)17(14,15-5-2)16-6-3/h4-11H2,1-3H3. The predicted octanol–water partition coefficient (Wildman–Crippen LogP) is 4.88. The van der Waals surface area contributed by atoms with Crippen LogP contribution in [0.3, 0.4) is 0 Å². The molecule has 0 aromatic heterocycles. The molecule has 0 bridgehead atoms. The molecule has 0 fully saturated rings. The van der Waals surface area contributed by atoms with Crippen LogP contribution < -0.4 is 0 Å². The summed E-state index contributed by atoms with van der Waals surface area (Å²) >= 11 is 0. The zero-order valence-corrected chi connectivity index (χ0v) is 12.2. The highest BCUT2D eigenvalue weighted by Gasteiger charge is 2.36. The molecule has 17 heavy (non-hydrogen) atoms. The van der Waals surface area contributed by atoms with Gasteiger partial charge < -0.3 is 9.05 Å². The summed E-state index contributed by atoms with van der Waals surface area (Å²) in [4.78, 5) is 0. The Morgan fingerprint density at radius 1 is 1.06 bits per heavy atom. The fraction of sp³-hybridized carbons (Fsp3) is 0.846. The third-order valence-electron chi connectivity index (χ3n) is 3.08. The summed E-state index contributed by atoms with van der Waals surface area (Å²) in [6.45, 7) is 6.82. The van der Waals surface area contributed by atoms with E-state index in [1.54, 1.807) is 0 Å². The summed E-state index contributed by atoms with van der Waals surface area (Å²) in [6.07, 6.45) is 6.67.